The minimum atomic E-state index is -3.60. The number of nitrogens with zero attached hydrogens (tertiary/aromatic N) is 1. The molecule has 1 aliphatic rings. The molecular formula is C18H19NO4S. The van der Waals surface area contributed by atoms with Crippen LogP contribution >= 0.6 is 0 Å². The van der Waals surface area contributed by atoms with E-state index < -0.39 is 10.0 Å². The Kier molecular flexibility index (Phi) is 4.32. The van der Waals surface area contributed by atoms with E-state index in [1.807, 2.05) is 31.2 Å². The summed E-state index contributed by atoms with van der Waals surface area (Å²) >= 11 is 0. The first-order valence-corrected chi connectivity index (χ1v) is 9.29. The van der Waals surface area contributed by atoms with Crippen molar-refractivity contribution < 1.29 is 17.9 Å². The average molecular weight is 345 g/mol. The summed E-state index contributed by atoms with van der Waals surface area (Å²) in [7, 11) is -2.08. The number of rotatable bonds is 4. The zero-order chi connectivity index (χ0) is 17.3. The number of sulfonamides is 1. The van der Waals surface area contributed by atoms with Crippen LogP contribution in [0.4, 0.5) is 5.69 Å². The molecule has 0 radical (unpaired) electrons. The van der Waals surface area contributed by atoms with Gasteiger partial charge in [0.25, 0.3) is 0 Å². The molecule has 0 unspecified atom stereocenters. The van der Waals surface area contributed by atoms with Crippen molar-refractivity contribution in [1.29, 1.82) is 0 Å². The zero-order valence-electron chi connectivity index (χ0n) is 13.7. The van der Waals surface area contributed by atoms with E-state index in [0.29, 0.717) is 17.0 Å². The number of hydrogen-bond acceptors (Lipinski definition) is 4. The van der Waals surface area contributed by atoms with Crippen LogP contribution in [-0.2, 0) is 15.8 Å². The molecule has 2 aromatic rings. The first-order valence-electron chi connectivity index (χ1n) is 7.68. The Balaban J connectivity index is 2.02. The van der Waals surface area contributed by atoms with Gasteiger partial charge in [0.1, 0.15) is 5.75 Å². The van der Waals surface area contributed by atoms with Gasteiger partial charge in [-0.3, -0.25) is 9.10 Å². The van der Waals surface area contributed by atoms with Crippen molar-refractivity contribution in [2.24, 2.45) is 0 Å². The third kappa shape index (κ3) is 3.01. The van der Waals surface area contributed by atoms with E-state index in [-0.39, 0.29) is 24.5 Å². The van der Waals surface area contributed by atoms with Crippen molar-refractivity contribution in [1.82, 2.24) is 0 Å². The first-order chi connectivity index (χ1) is 11.4. The number of carbonyl (C=O) groups is 1. The van der Waals surface area contributed by atoms with Crippen molar-refractivity contribution in [2.45, 2.75) is 19.1 Å². The van der Waals surface area contributed by atoms with Crippen LogP contribution in [0, 0.1) is 6.92 Å². The molecule has 0 amide bonds. The monoisotopic (exact) mass is 345 g/mol. The topological polar surface area (TPSA) is 63.7 Å². The molecule has 1 aliphatic heterocycles. The summed E-state index contributed by atoms with van der Waals surface area (Å²) < 4.78 is 32.4. The molecule has 0 spiro atoms. The maximum absolute atomic E-state index is 13.0. The van der Waals surface area contributed by atoms with Gasteiger partial charge >= 0.3 is 0 Å². The van der Waals surface area contributed by atoms with Gasteiger partial charge < -0.3 is 4.74 Å². The third-order valence-corrected chi connectivity index (χ3v) is 5.98. The summed E-state index contributed by atoms with van der Waals surface area (Å²) in [5, 5.41) is 0. The van der Waals surface area contributed by atoms with Crippen molar-refractivity contribution >= 4 is 21.5 Å². The van der Waals surface area contributed by atoms with Crippen molar-refractivity contribution in [3.8, 4) is 5.75 Å². The Morgan fingerprint density at radius 1 is 1.17 bits per heavy atom. The number of Topliss-reactive ketones (excluding diaryl/α,β-unsaturated/α-hetero) is 1. The number of ketones is 1. The molecule has 24 heavy (non-hydrogen) atoms. The third-order valence-electron chi connectivity index (χ3n) is 4.25. The van der Waals surface area contributed by atoms with Crippen LogP contribution in [0.2, 0.25) is 0 Å². The van der Waals surface area contributed by atoms with Crippen molar-refractivity contribution in [3.63, 3.8) is 0 Å². The Hall–Kier alpha value is -2.34. The van der Waals surface area contributed by atoms with Gasteiger partial charge in [-0.1, -0.05) is 24.3 Å². The van der Waals surface area contributed by atoms with Crippen LogP contribution in [0.3, 0.4) is 0 Å². The van der Waals surface area contributed by atoms with Gasteiger partial charge in [0, 0.05) is 24.6 Å². The number of hydrogen-bond donors (Lipinski definition) is 0. The fourth-order valence-electron chi connectivity index (χ4n) is 2.87. The van der Waals surface area contributed by atoms with E-state index in [1.165, 1.54) is 11.4 Å². The maximum Gasteiger partial charge on any atom is 0.239 e. The smallest absolute Gasteiger partial charge is 0.239 e. The van der Waals surface area contributed by atoms with Crippen LogP contribution in [0.25, 0.3) is 0 Å². The number of anilines is 1. The van der Waals surface area contributed by atoms with Crippen molar-refractivity contribution in [2.75, 3.05) is 18.0 Å². The highest BCUT2D eigenvalue weighted by atomic mass is 32.2. The second-order valence-corrected chi connectivity index (χ2v) is 7.70. The summed E-state index contributed by atoms with van der Waals surface area (Å²) in [5.41, 5.74) is 2.52. The lowest BCUT2D eigenvalue weighted by molar-refractivity contribution is 0.0982. The van der Waals surface area contributed by atoms with Crippen LogP contribution in [-0.4, -0.2) is 27.9 Å². The van der Waals surface area contributed by atoms with E-state index in [9.17, 15) is 13.2 Å². The fourth-order valence-corrected chi connectivity index (χ4v) is 4.57. The number of methoxy groups -OCH3 is 1. The molecule has 6 heteroatoms. The molecule has 2 aromatic carbocycles. The number of aryl methyl sites for hydroxylation is 1. The van der Waals surface area contributed by atoms with E-state index in [1.54, 1.807) is 18.2 Å². The number of carbonyl (C=O) groups excluding carboxylic acids is 1. The normalized spacial score (nSPS) is 14.4. The molecule has 0 fully saturated rings. The van der Waals surface area contributed by atoms with Gasteiger partial charge in [0.15, 0.2) is 5.78 Å². The lowest BCUT2D eigenvalue weighted by Crippen LogP contribution is -2.38. The van der Waals surface area contributed by atoms with E-state index in [2.05, 4.69) is 0 Å². The largest absolute Gasteiger partial charge is 0.497 e. The molecule has 0 bridgehead atoms. The number of ether oxygens (including phenoxy) is 1. The Labute approximate surface area is 141 Å². The van der Waals surface area contributed by atoms with Crippen LogP contribution in [0.1, 0.15) is 27.9 Å². The van der Waals surface area contributed by atoms with Crippen LogP contribution < -0.4 is 9.04 Å². The van der Waals surface area contributed by atoms with Gasteiger partial charge in [-0.2, -0.15) is 0 Å². The Morgan fingerprint density at radius 3 is 2.62 bits per heavy atom. The standard InChI is InChI=1S/C18H19NO4S/c1-13-5-3-4-6-14(13)12-24(21,22)19-10-9-18(20)16-8-7-15(23-2)11-17(16)19/h3-8,11H,9-10,12H2,1-2H3. The number of benzene rings is 2. The molecule has 3 rings (SSSR count). The highest BCUT2D eigenvalue weighted by molar-refractivity contribution is 7.92. The second-order valence-electron chi connectivity index (χ2n) is 5.81. The molecule has 126 valence electrons. The minimum absolute atomic E-state index is 0.0463. The summed E-state index contributed by atoms with van der Waals surface area (Å²) in [6, 6.07) is 12.3. The van der Waals surface area contributed by atoms with Crippen LogP contribution in [0.5, 0.6) is 5.75 Å². The highest BCUT2D eigenvalue weighted by Gasteiger charge is 2.31. The van der Waals surface area contributed by atoms with E-state index in [4.69, 9.17) is 4.74 Å². The van der Waals surface area contributed by atoms with E-state index >= 15 is 0 Å². The summed E-state index contributed by atoms with van der Waals surface area (Å²) in [5.74, 6) is 0.388. The Morgan fingerprint density at radius 2 is 1.92 bits per heavy atom. The predicted octanol–water partition coefficient (Wildman–Crippen LogP) is 2.93. The highest BCUT2D eigenvalue weighted by Crippen LogP contribution is 2.33. The molecule has 0 N–H and O–H groups in total. The molecule has 5 nitrogen and oxygen atoms in total. The van der Waals surface area contributed by atoms with Gasteiger partial charge in [0.2, 0.25) is 10.0 Å². The lowest BCUT2D eigenvalue weighted by Gasteiger charge is -2.30. The molecular weight excluding hydrogens is 326 g/mol. The van der Waals surface area contributed by atoms with Gasteiger partial charge in [0.05, 0.1) is 18.6 Å². The SMILES string of the molecule is COc1ccc2c(c1)N(S(=O)(=O)Cc1ccccc1C)CCC2=O. The quantitative estimate of drug-likeness (QED) is 0.855. The lowest BCUT2D eigenvalue weighted by atomic mass is 10.0. The predicted molar refractivity (Wildman–Crippen MR) is 93.1 cm³/mol. The average Bonchev–Trinajstić information content (AvgIpc) is 2.56. The minimum Gasteiger partial charge on any atom is -0.497 e. The van der Waals surface area contributed by atoms with Gasteiger partial charge in [-0.05, 0) is 30.2 Å². The second kappa shape index (κ2) is 6.28. The molecule has 0 saturated carbocycles. The number of fused-ring (bicyclic) bond motifs is 1. The fraction of sp³-hybridized carbons (Fsp3) is 0.278. The first kappa shape index (κ1) is 16.5. The zero-order valence-corrected chi connectivity index (χ0v) is 14.5. The molecule has 0 aromatic heterocycles. The van der Waals surface area contributed by atoms with Crippen LogP contribution in [0.15, 0.2) is 42.5 Å². The van der Waals surface area contributed by atoms with E-state index in [0.717, 1.165) is 11.1 Å². The summed E-state index contributed by atoms with van der Waals surface area (Å²) in [4.78, 5) is 12.1. The Bertz CT molecular complexity index is 890. The molecule has 0 saturated heterocycles. The van der Waals surface area contributed by atoms with Gasteiger partial charge in [-0.15, -0.1) is 0 Å². The summed E-state index contributed by atoms with van der Waals surface area (Å²) in [6.45, 7) is 2.05. The van der Waals surface area contributed by atoms with Gasteiger partial charge in [-0.25, -0.2) is 8.42 Å². The maximum atomic E-state index is 13.0. The summed E-state index contributed by atoms with van der Waals surface area (Å²) in [6.07, 6.45) is 0.187. The van der Waals surface area contributed by atoms with Crippen molar-refractivity contribution in [3.05, 3.63) is 59.2 Å². The molecule has 0 aliphatic carbocycles. The molecule has 0 atom stereocenters. The molecule has 1 heterocycles.